The summed E-state index contributed by atoms with van der Waals surface area (Å²) in [6.45, 7) is 7.16. The van der Waals surface area contributed by atoms with E-state index in [1.165, 1.54) is 0 Å². The monoisotopic (exact) mass is 326 g/mol. The molecule has 2 aromatic heterocycles. The number of nitrogens with one attached hydrogen (secondary N) is 1. The molecule has 6 nitrogen and oxygen atoms in total. The van der Waals surface area contributed by atoms with Gasteiger partial charge in [0.15, 0.2) is 0 Å². The number of para-hydroxylation sites is 2. The van der Waals surface area contributed by atoms with Crippen molar-refractivity contribution in [3.05, 3.63) is 47.1 Å². The first-order valence-corrected chi connectivity index (χ1v) is 8.16. The van der Waals surface area contributed by atoms with Crippen LogP contribution in [0.4, 0.5) is 0 Å². The van der Waals surface area contributed by atoms with Gasteiger partial charge in [0.25, 0.3) is 0 Å². The number of amides is 1. The molecule has 0 atom stereocenters. The summed E-state index contributed by atoms with van der Waals surface area (Å²) in [6.07, 6.45) is 1.17. The van der Waals surface area contributed by atoms with Gasteiger partial charge in [-0.25, -0.2) is 4.98 Å². The number of hydrogen-bond acceptors (Lipinski definition) is 4. The molecular formula is C18H22N4O2. The number of aryl methyl sites for hydroxylation is 4. The van der Waals surface area contributed by atoms with Crippen LogP contribution >= 0.6 is 0 Å². The zero-order valence-corrected chi connectivity index (χ0v) is 14.3. The van der Waals surface area contributed by atoms with E-state index in [0.717, 1.165) is 41.1 Å². The van der Waals surface area contributed by atoms with Gasteiger partial charge in [0.2, 0.25) is 5.91 Å². The third-order valence-electron chi connectivity index (χ3n) is 4.24. The first-order valence-electron chi connectivity index (χ1n) is 8.16. The first-order chi connectivity index (χ1) is 11.6. The average molecular weight is 326 g/mol. The number of aromatic nitrogens is 3. The maximum absolute atomic E-state index is 12.1. The second-order valence-electron chi connectivity index (χ2n) is 5.98. The fourth-order valence-corrected chi connectivity index (χ4v) is 2.92. The van der Waals surface area contributed by atoms with Gasteiger partial charge in [0.05, 0.1) is 23.1 Å². The molecule has 1 aromatic carbocycles. The lowest BCUT2D eigenvalue weighted by molar-refractivity contribution is -0.120. The SMILES string of the molecule is Cc1noc(C)c1CC(=O)NCCCn1c(C)nc2ccccc21. The summed E-state index contributed by atoms with van der Waals surface area (Å²) < 4.78 is 7.27. The zero-order valence-electron chi connectivity index (χ0n) is 14.3. The number of imidazole rings is 1. The van der Waals surface area contributed by atoms with E-state index in [-0.39, 0.29) is 5.91 Å². The summed E-state index contributed by atoms with van der Waals surface area (Å²) in [7, 11) is 0. The molecule has 3 rings (SSSR count). The van der Waals surface area contributed by atoms with Crippen LogP contribution < -0.4 is 5.32 Å². The first kappa shape index (κ1) is 16.2. The zero-order chi connectivity index (χ0) is 17.1. The molecule has 0 saturated heterocycles. The molecule has 0 unspecified atom stereocenters. The number of hydrogen-bond donors (Lipinski definition) is 1. The van der Waals surface area contributed by atoms with E-state index in [1.807, 2.05) is 39.0 Å². The highest BCUT2D eigenvalue weighted by Crippen LogP contribution is 2.16. The van der Waals surface area contributed by atoms with E-state index in [2.05, 4.69) is 26.1 Å². The lowest BCUT2D eigenvalue weighted by Crippen LogP contribution is -2.27. The van der Waals surface area contributed by atoms with E-state index >= 15 is 0 Å². The van der Waals surface area contributed by atoms with Gasteiger partial charge in [-0.1, -0.05) is 17.3 Å². The summed E-state index contributed by atoms with van der Waals surface area (Å²) in [5.41, 5.74) is 3.81. The molecule has 0 radical (unpaired) electrons. The van der Waals surface area contributed by atoms with Crippen LogP contribution in [-0.4, -0.2) is 27.2 Å². The molecule has 1 amide bonds. The molecule has 1 N–H and O–H groups in total. The highest BCUT2D eigenvalue weighted by molar-refractivity contribution is 5.79. The van der Waals surface area contributed by atoms with Gasteiger partial charge in [0.1, 0.15) is 11.6 Å². The fourth-order valence-electron chi connectivity index (χ4n) is 2.92. The topological polar surface area (TPSA) is 73.0 Å². The third-order valence-corrected chi connectivity index (χ3v) is 4.24. The van der Waals surface area contributed by atoms with Gasteiger partial charge in [0, 0.05) is 18.7 Å². The lowest BCUT2D eigenvalue weighted by Gasteiger charge is -2.08. The number of benzene rings is 1. The van der Waals surface area contributed by atoms with Crippen LogP contribution in [0.2, 0.25) is 0 Å². The Morgan fingerprint density at radius 2 is 2.04 bits per heavy atom. The molecule has 0 bridgehead atoms. The normalized spacial score (nSPS) is 11.1. The Labute approximate surface area is 140 Å². The fraction of sp³-hybridized carbons (Fsp3) is 0.389. The van der Waals surface area contributed by atoms with Crippen molar-refractivity contribution >= 4 is 16.9 Å². The van der Waals surface area contributed by atoms with Crippen molar-refractivity contribution in [2.45, 2.75) is 40.2 Å². The van der Waals surface area contributed by atoms with Crippen LogP contribution in [0.5, 0.6) is 0 Å². The maximum Gasteiger partial charge on any atom is 0.224 e. The molecule has 0 saturated carbocycles. The standard InChI is InChI=1S/C18H22N4O2/c1-12-15(13(2)24-21-12)11-18(23)19-9-6-10-22-14(3)20-16-7-4-5-8-17(16)22/h4-5,7-8H,6,9-11H2,1-3H3,(H,19,23). The number of carbonyl (C=O) groups is 1. The van der Waals surface area contributed by atoms with Crippen molar-refractivity contribution in [3.63, 3.8) is 0 Å². The van der Waals surface area contributed by atoms with Crippen LogP contribution in [0.25, 0.3) is 11.0 Å². The molecule has 0 aliphatic rings. The Balaban J connectivity index is 1.52. The van der Waals surface area contributed by atoms with E-state index in [9.17, 15) is 4.79 Å². The quantitative estimate of drug-likeness (QED) is 0.707. The van der Waals surface area contributed by atoms with Gasteiger partial charge in [-0.3, -0.25) is 4.79 Å². The molecule has 6 heteroatoms. The molecular weight excluding hydrogens is 304 g/mol. The van der Waals surface area contributed by atoms with Crippen molar-refractivity contribution in [2.24, 2.45) is 0 Å². The van der Waals surface area contributed by atoms with Crippen LogP contribution in [-0.2, 0) is 17.8 Å². The minimum Gasteiger partial charge on any atom is -0.361 e. The van der Waals surface area contributed by atoms with Crippen molar-refractivity contribution in [1.82, 2.24) is 20.0 Å². The highest BCUT2D eigenvalue weighted by atomic mass is 16.5. The van der Waals surface area contributed by atoms with Crippen molar-refractivity contribution in [3.8, 4) is 0 Å². The Morgan fingerprint density at radius 1 is 1.25 bits per heavy atom. The molecule has 0 spiro atoms. The number of carbonyl (C=O) groups excluding carboxylic acids is 1. The van der Waals surface area contributed by atoms with Crippen molar-refractivity contribution in [2.75, 3.05) is 6.54 Å². The number of rotatable bonds is 6. The molecule has 3 aromatic rings. The predicted octanol–water partition coefficient (Wildman–Crippen LogP) is 2.70. The summed E-state index contributed by atoms with van der Waals surface area (Å²) >= 11 is 0. The summed E-state index contributed by atoms with van der Waals surface area (Å²) in [5.74, 6) is 1.71. The minimum atomic E-state index is -0.00314. The third kappa shape index (κ3) is 3.32. The van der Waals surface area contributed by atoms with E-state index in [1.54, 1.807) is 0 Å². The summed E-state index contributed by atoms with van der Waals surface area (Å²) in [6, 6.07) is 8.11. The summed E-state index contributed by atoms with van der Waals surface area (Å²) in [5, 5.41) is 6.84. The average Bonchev–Trinajstić information content (AvgIpc) is 3.05. The number of nitrogens with zero attached hydrogens (tertiary/aromatic N) is 3. The van der Waals surface area contributed by atoms with Gasteiger partial charge < -0.3 is 14.4 Å². The molecule has 24 heavy (non-hydrogen) atoms. The predicted molar refractivity (Wildman–Crippen MR) is 91.8 cm³/mol. The second kappa shape index (κ2) is 6.86. The minimum absolute atomic E-state index is 0.00314. The van der Waals surface area contributed by atoms with Crippen LogP contribution in [0, 0.1) is 20.8 Å². The largest absolute Gasteiger partial charge is 0.361 e. The Kier molecular flexibility index (Phi) is 4.64. The van der Waals surface area contributed by atoms with E-state index in [4.69, 9.17) is 4.52 Å². The number of fused-ring (bicyclic) bond motifs is 1. The molecule has 126 valence electrons. The Morgan fingerprint density at radius 3 is 2.79 bits per heavy atom. The lowest BCUT2D eigenvalue weighted by atomic mass is 10.1. The second-order valence-corrected chi connectivity index (χ2v) is 5.98. The molecule has 0 aliphatic heterocycles. The Hall–Kier alpha value is -2.63. The highest BCUT2D eigenvalue weighted by Gasteiger charge is 2.13. The van der Waals surface area contributed by atoms with Gasteiger partial charge in [-0.2, -0.15) is 0 Å². The van der Waals surface area contributed by atoms with Crippen LogP contribution in [0.15, 0.2) is 28.8 Å². The molecule has 2 heterocycles. The maximum atomic E-state index is 12.1. The van der Waals surface area contributed by atoms with Crippen molar-refractivity contribution in [1.29, 1.82) is 0 Å². The van der Waals surface area contributed by atoms with Crippen LogP contribution in [0.3, 0.4) is 0 Å². The van der Waals surface area contributed by atoms with Gasteiger partial charge in [-0.15, -0.1) is 0 Å². The Bertz CT molecular complexity index is 844. The van der Waals surface area contributed by atoms with Crippen molar-refractivity contribution < 1.29 is 9.32 Å². The molecule has 0 fully saturated rings. The summed E-state index contributed by atoms with van der Waals surface area (Å²) in [4.78, 5) is 16.6. The van der Waals surface area contributed by atoms with Gasteiger partial charge >= 0.3 is 0 Å². The van der Waals surface area contributed by atoms with Crippen LogP contribution in [0.1, 0.15) is 29.3 Å². The smallest absolute Gasteiger partial charge is 0.224 e. The van der Waals surface area contributed by atoms with Gasteiger partial charge in [-0.05, 0) is 39.3 Å². The molecule has 0 aliphatic carbocycles. The van der Waals surface area contributed by atoms with E-state index in [0.29, 0.717) is 18.7 Å². The van der Waals surface area contributed by atoms with E-state index < -0.39 is 0 Å².